The molecule has 0 atom stereocenters. The van der Waals surface area contributed by atoms with Crippen LogP contribution in [0.1, 0.15) is 35.3 Å². The zero-order chi connectivity index (χ0) is 21.6. The van der Waals surface area contributed by atoms with Crippen LogP contribution in [-0.2, 0) is 18.4 Å². The first kappa shape index (κ1) is 19.8. The molecule has 0 N–H and O–H groups in total. The molecule has 2 saturated heterocycles. The van der Waals surface area contributed by atoms with Crippen molar-refractivity contribution in [1.82, 2.24) is 14.4 Å². The molecule has 0 saturated carbocycles. The topological polar surface area (TPSA) is 45.6 Å². The van der Waals surface area contributed by atoms with Gasteiger partial charge in [0.1, 0.15) is 11.5 Å². The Balaban J connectivity index is 1.26. The largest absolute Gasteiger partial charge is 0.340 e. The molecule has 0 radical (unpaired) electrons. The van der Waals surface area contributed by atoms with E-state index in [4.69, 9.17) is 0 Å². The van der Waals surface area contributed by atoms with Crippen molar-refractivity contribution in [2.45, 2.75) is 25.8 Å². The van der Waals surface area contributed by atoms with Crippen molar-refractivity contribution in [3.05, 3.63) is 71.7 Å². The minimum Gasteiger partial charge on any atom is -0.340 e. The molecule has 2 aliphatic rings. The Labute approximate surface area is 181 Å². The molecule has 3 aromatic rings. The van der Waals surface area contributed by atoms with E-state index >= 15 is 0 Å². The van der Waals surface area contributed by atoms with Crippen molar-refractivity contribution >= 4 is 22.7 Å². The third-order valence-electron chi connectivity index (χ3n) is 6.95. The number of para-hydroxylation sites is 1. The molecule has 160 valence electrons. The van der Waals surface area contributed by atoms with Gasteiger partial charge in [0.05, 0.1) is 0 Å². The molecular formula is C25H26FN3O2. The Morgan fingerprint density at radius 1 is 1.06 bits per heavy atom. The average molecular weight is 420 g/mol. The second-order valence-electron chi connectivity index (χ2n) is 9.00. The van der Waals surface area contributed by atoms with Crippen LogP contribution in [0.4, 0.5) is 4.39 Å². The average Bonchev–Trinajstić information content (AvgIpc) is 3.25. The van der Waals surface area contributed by atoms with E-state index < -0.39 is 0 Å². The van der Waals surface area contributed by atoms with E-state index in [-0.39, 0.29) is 23.0 Å². The molecular weight excluding hydrogens is 393 g/mol. The highest BCUT2D eigenvalue weighted by Crippen LogP contribution is 2.41. The second kappa shape index (κ2) is 7.52. The predicted octanol–water partition coefficient (Wildman–Crippen LogP) is 3.97. The van der Waals surface area contributed by atoms with E-state index in [1.54, 1.807) is 6.07 Å². The zero-order valence-corrected chi connectivity index (χ0v) is 17.7. The number of halogens is 1. The fourth-order valence-corrected chi connectivity index (χ4v) is 5.16. The number of benzene rings is 2. The van der Waals surface area contributed by atoms with Gasteiger partial charge in [0.25, 0.3) is 5.91 Å². The smallest absolute Gasteiger partial charge is 0.270 e. The van der Waals surface area contributed by atoms with Crippen LogP contribution >= 0.6 is 0 Å². The molecule has 2 fully saturated rings. The Kier molecular flexibility index (Phi) is 4.80. The lowest BCUT2D eigenvalue weighted by molar-refractivity contribution is -0.128. The van der Waals surface area contributed by atoms with E-state index in [0.717, 1.165) is 29.3 Å². The summed E-state index contributed by atoms with van der Waals surface area (Å²) in [5, 5.41) is 1.07. The maximum Gasteiger partial charge on any atom is 0.270 e. The van der Waals surface area contributed by atoms with Gasteiger partial charge >= 0.3 is 0 Å². The summed E-state index contributed by atoms with van der Waals surface area (Å²) >= 11 is 0. The Morgan fingerprint density at radius 2 is 1.84 bits per heavy atom. The fourth-order valence-electron chi connectivity index (χ4n) is 5.16. The van der Waals surface area contributed by atoms with Gasteiger partial charge in [0.15, 0.2) is 0 Å². The van der Waals surface area contributed by atoms with Gasteiger partial charge in [-0.05, 0) is 42.7 Å². The molecule has 2 amide bonds. The highest BCUT2D eigenvalue weighted by molar-refractivity contribution is 5.98. The van der Waals surface area contributed by atoms with Gasteiger partial charge in [-0.25, -0.2) is 4.39 Å². The number of hydrogen-bond donors (Lipinski definition) is 0. The lowest BCUT2D eigenvalue weighted by Crippen LogP contribution is -2.44. The van der Waals surface area contributed by atoms with Crippen molar-refractivity contribution in [2.24, 2.45) is 12.5 Å². The Hall–Kier alpha value is -3.15. The highest BCUT2D eigenvalue weighted by Gasteiger charge is 2.45. The van der Waals surface area contributed by atoms with Crippen molar-refractivity contribution < 1.29 is 14.0 Å². The van der Waals surface area contributed by atoms with Crippen molar-refractivity contribution in [3.8, 4) is 0 Å². The quantitative estimate of drug-likeness (QED) is 0.645. The first-order valence-corrected chi connectivity index (χ1v) is 10.8. The predicted molar refractivity (Wildman–Crippen MR) is 117 cm³/mol. The summed E-state index contributed by atoms with van der Waals surface area (Å²) in [5.41, 5.74) is 2.48. The number of likely N-dealkylation sites (tertiary alicyclic amines) is 2. The summed E-state index contributed by atoms with van der Waals surface area (Å²) in [6.45, 7) is 2.43. The number of aromatic nitrogens is 1. The van der Waals surface area contributed by atoms with Crippen molar-refractivity contribution in [2.75, 3.05) is 19.6 Å². The number of piperidine rings is 1. The van der Waals surface area contributed by atoms with Gasteiger partial charge in [-0.3, -0.25) is 9.59 Å². The SMILES string of the molecule is Cn1c(C(=O)N2CCC3(CC2)CC(=O)N(Cc2cccc(F)c2)C3)cc2ccccc21. The number of amides is 2. The molecule has 0 aliphatic carbocycles. The third kappa shape index (κ3) is 3.60. The summed E-state index contributed by atoms with van der Waals surface area (Å²) in [4.78, 5) is 29.6. The molecule has 31 heavy (non-hydrogen) atoms. The zero-order valence-electron chi connectivity index (χ0n) is 17.7. The van der Waals surface area contributed by atoms with Crippen LogP contribution in [-0.4, -0.2) is 45.8 Å². The summed E-state index contributed by atoms with van der Waals surface area (Å²) < 4.78 is 15.5. The molecule has 5 rings (SSSR count). The number of hydrogen-bond acceptors (Lipinski definition) is 2. The molecule has 2 aromatic carbocycles. The maximum atomic E-state index is 13.5. The fraction of sp³-hybridized carbons (Fsp3) is 0.360. The minimum atomic E-state index is -0.279. The number of aryl methyl sites for hydroxylation is 1. The van der Waals surface area contributed by atoms with Gasteiger partial charge < -0.3 is 14.4 Å². The molecule has 6 heteroatoms. The maximum absolute atomic E-state index is 13.5. The van der Waals surface area contributed by atoms with E-state index in [1.807, 2.05) is 57.8 Å². The number of rotatable bonds is 3. The summed E-state index contributed by atoms with van der Waals surface area (Å²) in [6, 6.07) is 16.4. The standard InChI is InChI=1S/C25H26FN3O2/c1-27-21-8-3-2-6-19(21)14-22(27)24(31)28-11-9-25(10-12-28)15-23(30)29(17-25)16-18-5-4-7-20(26)13-18/h2-8,13-14H,9-12,15-17H2,1H3. The van der Waals surface area contributed by atoms with Gasteiger partial charge in [-0.1, -0.05) is 30.3 Å². The first-order valence-electron chi connectivity index (χ1n) is 10.8. The lowest BCUT2D eigenvalue weighted by Gasteiger charge is -2.38. The van der Waals surface area contributed by atoms with Crippen LogP contribution in [0.2, 0.25) is 0 Å². The third-order valence-corrected chi connectivity index (χ3v) is 6.95. The summed E-state index contributed by atoms with van der Waals surface area (Å²) in [5.74, 6) is -0.105. The van der Waals surface area contributed by atoms with E-state index in [0.29, 0.717) is 38.3 Å². The molecule has 1 aromatic heterocycles. The van der Waals surface area contributed by atoms with Crippen LogP contribution in [0.5, 0.6) is 0 Å². The van der Waals surface area contributed by atoms with Gasteiger partial charge in [-0.15, -0.1) is 0 Å². The van der Waals surface area contributed by atoms with E-state index in [9.17, 15) is 14.0 Å². The van der Waals surface area contributed by atoms with Crippen LogP contribution in [0.15, 0.2) is 54.6 Å². The van der Waals surface area contributed by atoms with Crippen LogP contribution in [0.3, 0.4) is 0 Å². The van der Waals surface area contributed by atoms with E-state index in [1.165, 1.54) is 12.1 Å². The number of carbonyl (C=O) groups is 2. The van der Waals surface area contributed by atoms with Crippen LogP contribution < -0.4 is 0 Å². The van der Waals surface area contributed by atoms with Crippen molar-refractivity contribution in [1.29, 1.82) is 0 Å². The molecule has 3 heterocycles. The molecule has 2 aliphatic heterocycles. The lowest BCUT2D eigenvalue weighted by atomic mass is 9.77. The minimum absolute atomic E-state index is 0.0505. The highest BCUT2D eigenvalue weighted by atomic mass is 19.1. The second-order valence-corrected chi connectivity index (χ2v) is 9.00. The molecule has 0 bridgehead atoms. The first-order chi connectivity index (χ1) is 14.9. The number of carbonyl (C=O) groups excluding carboxylic acids is 2. The molecule has 5 nitrogen and oxygen atoms in total. The van der Waals surface area contributed by atoms with Crippen molar-refractivity contribution in [3.63, 3.8) is 0 Å². The Bertz CT molecular complexity index is 1160. The number of fused-ring (bicyclic) bond motifs is 1. The van der Waals surface area contributed by atoms with Gasteiger partial charge in [-0.2, -0.15) is 0 Å². The van der Waals surface area contributed by atoms with Gasteiger partial charge in [0.2, 0.25) is 5.91 Å². The number of nitrogens with zero attached hydrogens (tertiary/aromatic N) is 3. The van der Waals surface area contributed by atoms with E-state index in [2.05, 4.69) is 0 Å². The normalized spacial score (nSPS) is 18.3. The van der Waals surface area contributed by atoms with Crippen LogP contribution in [0, 0.1) is 11.2 Å². The summed E-state index contributed by atoms with van der Waals surface area (Å²) in [7, 11) is 1.93. The molecule has 0 unspecified atom stereocenters. The Morgan fingerprint density at radius 3 is 2.58 bits per heavy atom. The monoisotopic (exact) mass is 419 g/mol. The molecule has 1 spiro atoms. The van der Waals surface area contributed by atoms with Gasteiger partial charge in [0, 0.05) is 56.0 Å². The summed E-state index contributed by atoms with van der Waals surface area (Å²) in [6.07, 6.45) is 2.14. The van der Waals surface area contributed by atoms with Crippen LogP contribution in [0.25, 0.3) is 10.9 Å².